The minimum absolute atomic E-state index is 0.0272. The van der Waals surface area contributed by atoms with E-state index in [-0.39, 0.29) is 17.0 Å². The minimum Gasteiger partial charge on any atom is -0.370 e. The van der Waals surface area contributed by atoms with Crippen LogP contribution < -0.4 is 10.6 Å². The molecule has 5 heteroatoms. The van der Waals surface area contributed by atoms with Gasteiger partial charge in [0.2, 0.25) is 5.91 Å². The number of halogens is 2. The highest BCUT2D eigenvalue weighted by molar-refractivity contribution is 6.31. The van der Waals surface area contributed by atoms with E-state index in [0.717, 1.165) is 18.4 Å². The first-order valence-corrected chi connectivity index (χ1v) is 7.58. The van der Waals surface area contributed by atoms with E-state index in [4.69, 9.17) is 11.6 Å². The second-order valence-electron chi connectivity index (χ2n) is 5.40. The van der Waals surface area contributed by atoms with Crippen LogP contribution in [0.25, 0.3) is 0 Å². The van der Waals surface area contributed by atoms with E-state index in [1.54, 1.807) is 6.07 Å². The summed E-state index contributed by atoms with van der Waals surface area (Å²) in [6.45, 7) is 0. The van der Waals surface area contributed by atoms with E-state index in [0.29, 0.717) is 5.69 Å². The highest BCUT2D eigenvalue weighted by Crippen LogP contribution is 2.26. The van der Waals surface area contributed by atoms with E-state index in [2.05, 4.69) is 10.6 Å². The number of benzene rings is 2. The lowest BCUT2D eigenvalue weighted by atomic mass is 10.1. The van der Waals surface area contributed by atoms with Gasteiger partial charge in [-0.25, -0.2) is 4.39 Å². The number of carbonyl (C=O) groups is 1. The molecular formula is C17H16ClFN2O. The van der Waals surface area contributed by atoms with Gasteiger partial charge in [-0.15, -0.1) is 0 Å². The number of rotatable bonds is 5. The number of nitrogens with one attached hydrogen (secondary N) is 2. The topological polar surface area (TPSA) is 41.1 Å². The molecule has 0 heterocycles. The summed E-state index contributed by atoms with van der Waals surface area (Å²) in [4.78, 5) is 12.5. The zero-order valence-electron chi connectivity index (χ0n) is 11.9. The third-order valence-electron chi connectivity index (χ3n) is 3.55. The summed E-state index contributed by atoms with van der Waals surface area (Å²) in [5.41, 5.74) is 1.45. The fraction of sp³-hybridized carbons (Fsp3) is 0.235. The molecule has 2 aromatic carbocycles. The molecule has 1 aliphatic rings. The third kappa shape index (κ3) is 3.57. The first kappa shape index (κ1) is 14.9. The van der Waals surface area contributed by atoms with Gasteiger partial charge >= 0.3 is 0 Å². The van der Waals surface area contributed by atoms with Gasteiger partial charge in [-0.3, -0.25) is 4.79 Å². The average Bonchev–Trinajstić information content (AvgIpc) is 3.33. The summed E-state index contributed by atoms with van der Waals surface area (Å²) in [6, 6.07) is 13.5. The van der Waals surface area contributed by atoms with Crippen molar-refractivity contribution in [3.05, 3.63) is 64.9 Å². The first-order chi connectivity index (χ1) is 10.6. The number of amides is 1. The molecule has 1 saturated carbocycles. The van der Waals surface area contributed by atoms with E-state index in [9.17, 15) is 9.18 Å². The summed E-state index contributed by atoms with van der Waals surface area (Å²) in [5.74, 6) is -0.569. The van der Waals surface area contributed by atoms with Gasteiger partial charge in [-0.05, 0) is 36.6 Å². The Labute approximate surface area is 133 Å². The summed E-state index contributed by atoms with van der Waals surface area (Å²) < 4.78 is 13.3. The van der Waals surface area contributed by atoms with Crippen LogP contribution in [0.2, 0.25) is 5.02 Å². The van der Waals surface area contributed by atoms with Crippen molar-refractivity contribution in [2.24, 2.45) is 0 Å². The molecule has 1 fully saturated rings. The smallest absolute Gasteiger partial charge is 0.247 e. The van der Waals surface area contributed by atoms with E-state index in [1.807, 2.05) is 30.3 Å². The average molecular weight is 319 g/mol. The van der Waals surface area contributed by atoms with Crippen LogP contribution in [-0.2, 0) is 4.79 Å². The van der Waals surface area contributed by atoms with Crippen LogP contribution in [-0.4, -0.2) is 11.9 Å². The van der Waals surface area contributed by atoms with E-state index in [1.165, 1.54) is 12.1 Å². The van der Waals surface area contributed by atoms with Crippen molar-refractivity contribution < 1.29 is 9.18 Å². The van der Waals surface area contributed by atoms with Crippen LogP contribution in [0.15, 0.2) is 48.5 Å². The monoisotopic (exact) mass is 318 g/mol. The normalized spacial score (nSPS) is 15.2. The maximum Gasteiger partial charge on any atom is 0.247 e. The molecule has 0 saturated heterocycles. The predicted octanol–water partition coefficient (Wildman–Crippen LogP) is 3.91. The largest absolute Gasteiger partial charge is 0.370 e. The van der Waals surface area contributed by atoms with Crippen LogP contribution >= 0.6 is 11.6 Å². The van der Waals surface area contributed by atoms with Crippen LogP contribution in [0.5, 0.6) is 0 Å². The van der Waals surface area contributed by atoms with Crippen molar-refractivity contribution in [1.82, 2.24) is 5.32 Å². The fourth-order valence-electron chi connectivity index (χ4n) is 2.21. The molecule has 22 heavy (non-hydrogen) atoms. The third-order valence-corrected chi connectivity index (χ3v) is 3.84. The molecule has 0 bridgehead atoms. The predicted molar refractivity (Wildman–Crippen MR) is 85.4 cm³/mol. The standard InChI is InChI=1S/C17H16ClFN2O/c18-14-10-13(8-9-15(14)19)20-16(11-4-2-1-3-5-11)17(22)21-12-6-7-12/h1-5,8-10,12,16,20H,6-7H2,(H,21,22)/t16-/m0/s1. The zero-order valence-corrected chi connectivity index (χ0v) is 12.6. The number of anilines is 1. The first-order valence-electron chi connectivity index (χ1n) is 7.20. The van der Waals surface area contributed by atoms with Crippen molar-refractivity contribution in [3.8, 4) is 0 Å². The van der Waals surface area contributed by atoms with Crippen LogP contribution in [0.1, 0.15) is 24.4 Å². The second kappa shape index (κ2) is 6.36. The Morgan fingerprint density at radius 2 is 1.91 bits per heavy atom. The molecule has 3 nitrogen and oxygen atoms in total. The van der Waals surface area contributed by atoms with Gasteiger partial charge in [-0.2, -0.15) is 0 Å². The Bertz CT molecular complexity index is 674. The molecule has 0 unspecified atom stereocenters. The van der Waals surface area contributed by atoms with Crippen molar-refractivity contribution in [2.75, 3.05) is 5.32 Å². The molecule has 0 aromatic heterocycles. The SMILES string of the molecule is O=C(NC1CC1)[C@@H](Nc1ccc(F)c(Cl)c1)c1ccccc1. The Hall–Kier alpha value is -2.07. The lowest BCUT2D eigenvalue weighted by Gasteiger charge is -2.20. The van der Waals surface area contributed by atoms with Crippen molar-refractivity contribution in [2.45, 2.75) is 24.9 Å². The summed E-state index contributed by atoms with van der Waals surface area (Å²) in [6.07, 6.45) is 2.05. The van der Waals surface area contributed by atoms with E-state index >= 15 is 0 Å². The quantitative estimate of drug-likeness (QED) is 0.877. The van der Waals surface area contributed by atoms with Gasteiger partial charge in [0.25, 0.3) is 0 Å². The van der Waals surface area contributed by atoms with Crippen LogP contribution in [0.3, 0.4) is 0 Å². The molecule has 3 rings (SSSR count). The molecule has 2 aromatic rings. The number of hydrogen-bond donors (Lipinski definition) is 2. The molecular weight excluding hydrogens is 303 g/mol. The maximum atomic E-state index is 13.3. The van der Waals surface area contributed by atoms with Crippen LogP contribution in [0, 0.1) is 5.82 Å². The lowest BCUT2D eigenvalue weighted by molar-refractivity contribution is -0.122. The van der Waals surface area contributed by atoms with Gasteiger partial charge in [0, 0.05) is 11.7 Å². The molecule has 1 aliphatic carbocycles. The Morgan fingerprint density at radius 1 is 1.18 bits per heavy atom. The summed E-state index contributed by atoms with van der Waals surface area (Å²) >= 11 is 5.80. The van der Waals surface area contributed by atoms with Gasteiger partial charge in [0.05, 0.1) is 5.02 Å². The zero-order chi connectivity index (χ0) is 15.5. The fourth-order valence-corrected chi connectivity index (χ4v) is 2.39. The lowest BCUT2D eigenvalue weighted by Crippen LogP contribution is -2.34. The highest BCUT2D eigenvalue weighted by Gasteiger charge is 2.28. The van der Waals surface area contributed by atoms with Crippen molar-refractivity contribution in [3.63, 3.8) is 0 Å². The van der Waals surface area contributed by atoms with E-state index < -0.39 is 11.9 Å². The molecule has 114 valence electrons. The number of hydrogen-bond acceptors (Lipinski definition) is 2. The molecule has 1 amide bonds. The van der Waals surface area contributed by atoms with Crippen molar-refractivity contribution >= 4 is 23.2 Å². The van der Waals surface area contributed by atoms with Gasteiger partial charge in [-0.1, -0.05) is 41.9 Å². The van der Waals surface area contributed by atoms with Crippen LogP contribution in [0.4, 0.5) is 10.1 Å². The Morgan fingerprint density at radius 3 is 2.55 bits per heavy atom. The Kier molecular flexibility index (Phi) is 4.29. The minimum atomic E-state index is -0.539. The Balaban J connectivity index is 1.83. The molecule has 0 aliphatic heterocycles. The molecule has 1 atom stereocenters. The number of carbonyl (C=O) groups excluding carboxylic acids is 1. The van der Waals surface area contributed by atoms with Gasteiger partial charge in [0.15, 0.2) is 0 Å². The summed E-state index contributed by atoms with van der Waals surface area (Å²) in [5, 5.41) is 6.15. The molecule has 2 N–H and O–H groups in total. The highest BCUT2D eigenvalue weighted by atomic mass is 35.5. The maximum absolute atomic E-state index is 13.3. The van der Waals surface area contributed by atoms with Crippen molar-refractivity contribution in [1.29, 1.82) is 0 Å². The van der Waals surface area contributed by atoms with Gasteiger partial charge in [0.1, 0.15) is 11.9 Å². The molecule has 0 spiro atoms. The summed E-state index contributed by atoms with van der Waals surface area (Å²) in [7, 11) is 0. The second-order valence-corrected chi connectivity index (χ2v) is 5.81. The molecule has 0 radical (unpaired) electrons. The van der Waals surface area contributed by atoms with Gasteiger partial charge < -0.3 is 10.6 Å².